The van der Waals surface area contributed by atoms with Crippen LogP contribution in [0.1, 0.15) is 43.8 Å². The zero-order valence-electron chi connectivity index (χ0n) is 17.8. The molecule has 0 radical (unpaired) electrons. The Hall–Kier alpha value is -2.94. The van der Waals surface area contributed by atoms with Crippen LogP contribution in [0.25, 0.3) is 0 Å². The number of anilines is 1. The lowest BCUT2D eigenvalue weighted by atomic mass is 9.89. The maximum atomic E-state index is 12.7. The molecule has 1 saturated carbocycles. The standard InChI is InChI=1S/C22H27N5O3S/c1-29-17-10-11-19(30-2)18(14-17)23-20(28)15-31-22-25-24-21(16-8-4-3-5-9-16)27(22)26-12-6-7-13-26/h6-7,10-14,16H,3-5,8-9,15H2,1-2H3,(H,23,28). The van der Waals surface area contributed by atoms with Crippen LogP contribution in [0.15, 0.2) is 47.9 Å². The third-order valence-electron chi connectivity index (χ3n) is 5.44. The first kappa shape index (κ1) is 21.3. The minimum atomic E-state index is -0.155. The van der Waals surface area contributed by atoms with E-state index in [1.165, 1.54) is 31.0 Å². The summed E-state index contributed by atoms with van der Waals surface area (Å²) < 4.78 is 14.6. The number of benzene rings is 1. The van der Waals surface area contributed by atoms with Crippen molar-refractivity contribution in [1.82, 2.24) is 19.5 Å². The summed E-state index contributed by atoms with van der Waals surface area (Å²) in [7, 11) is 3.15. The highest BCUT2D eigenvalue weighted by atomic mass is 32.2. The van der Waals surface area contributed by atoms with Crippen molar-refractivity contribution in [1.29, 1.82) is 0 Å². The van der Waals surface area contributed by atoms with Gasteiger partial charge in [0.15, 0.2) is 5.82 Å². The van der Waals surface area contributed by atoms with Gasteiger partial charge in [-0.2, -0.15) is 0 Å². The number of nitrogens with zero attached hydrogens (tertiary/aromatic N) is 4. The molecule has 31 heavy (non-hydrogen) atoms. The summed E-state index contributed by atoms with van der Waals surface area (Å²) in [5.74, 6) is 2.63. The fraction of sp³-hybridized carbons (Fsp3) is 0.409. The predicted molar refractivity (Wildman–Crippen MR) is 120 cm³/mol. The fourth-order valence-electron chi connectivity index (χ4n) is 3.89. The zero-order chi connectivity index (χ0) is 21.6. The molecule has 0 aliphatic heterocycles. The summed E-state index contributed by atoms with van der Waals surface area (Å²) in [6.07, 6.45) is 9.92. The quantitative estimate of drug-likeness (QED) is 0.528. The number of aromatic nitrogens is 4. The van der Waals surface area contributed by atoms with Crippen LogP contribution in [0.3, 0.4) is 0 Å². The summed E-state index contributed by atoms with van der Waals surface area (Å²) in [5.41, 5.74) is 0.572. The van der Waals surface area contributed by atoms with Crippen molar-refractivity contribution in [3.05, 3.63) is 48.5 Å². The molecule has 2 heterocycles. The van der Waals surface area contributed by atoms with Gasteiger partial charge in [0.2, 0.25) is 11.1 Å². The molecule has 1 aromatic carbocycles. The summed E-state index contributed by atoms with van der Waals surface area (Å²) in [4.78, 5) is 12.7. The highest BCUT2D eigenvalue weighted by Crippen LogP contribution is 2.33. The molecule has 0 saturated heterocycles. The van der Waals surface area contributed by atoms with E-state index in [4.69, 9.17) is 9.47 Å². The van der Waals surface area contributed by atoms with E-state index < -0.39 is 0 Å². The van der Waals surface area contributed by atoms with Gasteiger partial charge < -0.3 is 14.8 Å². The molecule has 1 fully saturated rings. The van der Waals surface area contributed by atoms with Crippen LogP contribution in [-0.4, -0.2) is 45.4 Å². The van der Waals surface area contributed by atoms with Gasteiger partial charge in [0.1, 0.15) is 11.5 Å². The lowest BCUT2D eigenvalue weighted by Gasteiger charge is -2.22. The SMILES string of the molecule is COc1ccc(OC)c(NC(=O)CSc2nnc(C3CCCCC3)n2-n2cccc2)c1. The van der Waals surface area contributed by atoms with E-state index in [9.17, 15) is 4.79 Å². The van der Waals surface area contributed by atoms with Crippen LogP contribution in [0.5, 0.6) is 11.5 Å². The Labute approximate surface area is 185 Å². The molecule has 1 aliphatic rings. The van der Waals surface area contributed by atoms with E-state index in [1.807, 2.05) is 33.9 Å². The van der Waals surface area contributed by atoms with Crippen molar-refractivity contribution in [2.24, 2.45) is 0 Å². The van der Waals surface area contributed by atoms with Gasteiger partial charge in [-0.3, -0.25) is 9.47 Å². The number of carbonyl (C=O) groups excluding carboxylic acids is 1. The average molecular weight is 442 g/mol. The van der Waals surface area contributed by atoms with Crippen molar-refractivity contribution in [2.75, 3.05) is 25.3 Å². The van der Waals surface area contributed by atoms with Crippen LogP contribution in [0.2, 0.25) is 0 Å². The highest BCUT2D eigenvalue weighted by Gasteiger charge is 2.24. The van der Waals surface area contributed by atoms with Gasteiger partial charge in [0.05, 0.1) is 25.7 Å². The van der Waals surface area contributed by atoms with E-state index in [2.05, 4.69) is 15.5 Å². The Morgan fingerprint density at radius 1 is 1.13 bits per heavy atom. The minimum absolute atomic E-state index is 0.155. The first-order valence-corrected chi connectivity index (χ1v) is 11.4. The molecular weight excluding hydrogens is 414 g/mol. The van der Waals surface area contributed by atoms with Gasteiger partial charge >= 0.3 is 0 Å². The predicted octanol–water partition coefficient (Wildman–Crippen LogP) is 4.19. The topological polar surface area (TPSA) is 83.2 Å². The summed E-state index contributed by atoms with van der Waals surface area (Å²) in [6.45, 7) is 0. The Balaban J connectivity index is 1.50. The number of hydrogen-bond donors (Lipinski definition) is 1. The second kappa shape index (κ2) is 9.91. The van der Waals surface area contributed by atoms with E-state index in [0.717, 1.165) is 18.7 Å². The third-order valence-corrected chi connectivity index (χ3v) is 6.36. The van der Waals surface area contributed by atoms with Crippen molar-refractivity contribution < 1.29 is 14.3 Å². The number of rotatable bonds is 8. The molecule has 4 rings (SSSR count). The van der Waals surface area contributed by atoms with Gasteiger partial charge in [-0.1, -0.05) is 31.0 Å². The Bertz CT molecular complexity index is 1010. The minimum Gasteiger partial charge on any atom is -0.497 e. The first-order valence-electron chi connectivity index (χ1n) is 10.4. The number of nitrogens with one attached hydrogen (secondary N) is 1. The largest absolute Gasteiger partial charge is 0.497 e. The lowest BCUT2D eigenvalue weighted by Crippen LogP contribution is -2.18. The zero-order valence-corrected chi connectivity index (χ0v) is 18.6. The molecule has 9 heteroatoms. The van der Waals surface area contributed by atoms with Crippen LogP contribution >= 0.6 is 11.8 Å². The Morgan fingerprint density at radius 3 is 2.61 bits per heavy atom. The second-order valence-electron chi connectivity index (χ2n) is 7.45. The number of thioether (sulfide) groups is 1. The number of carbonyl (C=O) groups is 1. The van der Waals surface area contributed by atoms with Crippen molar-refractivity contribution in [3.8, 4) is 11.5 Å². The maximum absolute atomic E-state index is 12.7. The molecule has 0 unspecified atom stereocenters. The van der Waals surface area contributed by atoms with Crippen molar-refractivity contribution in [3.63, 3.8) is 0 Å². The number of methoxy groups -OCH3 is 2. The Kier molecular flexibility index (Phi) is 6.81. The van der Waals surface area contributed by atoms with Crippen LogP contribution in [-0.2, 0) is 4.79 Å². The molecule has 1 N–H and O–H groups in total. The number of ether oxygens (including phenoxy) is 2. The van der Waals surface area contributed by atoms with Crippen LogP contribution < -0.4 is 14.8 Å². The van der Waals surface area contributed by atoms with E-state index in [0.29, 0.717) is 28.3 Å². The van der Waals surface area contributed by atoms with E-state index >= 15 is 0 Å². The summed E-state index contributed by atoms with van der Waals surface area (Å²) in [5, 5.41) is 12.5. The Morgan fingerprint density at radius 2 is 1.90 bits per heavy atom. The van der Waals surface area contributed by atoms with Gasteiger partial charge in [-0.25, -0.2) is 4.68 Å². The molecule has 0 spiro atoms. The van der Waals surface area contributed by atoms with Gasteiger partial charge in [-0.15, -0.1) is 10.2 Å². The lowest BCUT2D eigenvalue weighted by molar-refractivity contribution is -0.113. The molecule has 1 amide bonds. The maximum Gasteiger partial charge on any atom is 0.234 e. The molecule has 3 aromatic rings. The number of amides is 1. The fourth-order valence-corrected chi connectivity index (χ4v) is 4.63. The number of hydrogen-bond acceptors (Lipinski definition) is 6. The molecule has 0 bridgehead atoms. The average Bonchev–Trinajstić information content (AvgIpc) is 3.48. The van der Waals surface area contributed by atoms with Gasteiger partial charge in [0, 0.05) is 24.4 Å². The van der Waals surface area contributed by atoms with Gasteiger partial charge in [-0.05, 0) is 37.1 Å². The molecular formula is C22H27N5O3S. The molecule has 1 aliphatic carbocycles. The smallest absolute Gasteiger partial charge is 0.234 e. The third kappa shape index (κ3) is 4.87. The summed E-state index contributed by atoms with van der Waals surface area (Å²) in [6, 6.07) is 9.24. The molecule has 2 aromatic heterocycles. The molecule has 0 atom stereocenters. The molecule has 8 nitrogen and oxygen atoms in total. The van der Waals surface area contributed by atoms with E-state index in [-0.39, 0.29) is 11.7 Å². The van der Waals surface area contributed by atoms with E-state index in [1.54, 1.807) is 32.4 Å². The first-order chi connectivity index (χ1) is 15.2. The van der Waals surface area contributed by atoms with Crippen molar-refractivity contribution in [2.45, 2.75) is 43.2 Å². The monoisotopic (exact) mass is 441 g/mol. The molecule has 164 valence electrons. The summed E-state index contributed by atoms with van der Waals surface area (Å²) >= 11 is 1.37. The van der Waals surface area contributed by atoms with Crippen LogP contribution in [0.4, 0.5) is 5.69 Å². The highest BCUT2D eigenvalue weighted by molar-refractivity contribution is 7.99. The van der Waals surface area contributed by atoms with Crippen molar-refractivity contribution >= 4 is 23.4 Å². The second-order valence-corrected chi connectivity index (χ2v) is 8.40. The normalized spacial score (nSPS) is 14.4. The van der Waals surface area contributed by atoms with Gasteiger partial charge in [0.25, 0.3) is 0 Å². The van der Waals surface area contributed by atoms with Crippen LogP contribution in [0, 0.1) is 0 Å².